The van der Waals surface area contributed by atoms with Gasteiger partial charge in [0.2, 0.25) is 6.10 Å². The maximum Gasteiger partial charge on any atom is 0.317 e. The molecule has 2 N–H and O–H groups in total. The van der Waals surface area contributed by atoms with Crippen LogP contribution in [0.4, 0.5) is 0 Å². The molecule has 0 aliphatic carbocycles. The molecule has 0 aliphatic rings. The van der Waals surface area contributed by atoms with Crippen molar-refractivity contribution in [2.75, 3.05) is 12.3 Å². The van der Waals surface area contributed by atoms with E-state index in [1.54, 1.807) is 24.3 Å². The van der Waals surface area contributed by atoms with Crippen LogP contribution in [-0.4, -0.2) is 34.1 Å². The number of imidazole rings is 1. The molecule has 0 spiro atoms. The summed E-state index contributed by atoms with van der Waals surface area (Å²) in [5.41, 5.74) is 2.19. The molecule has 8 heteroatoms. The predicted molar refractivity (Wildman–Crippen MR) is 115 cm³/mol. The Labute approximate surface area is 178 Å². The molecule has 0 saturated carbocycles. The third kappa shape index (κ3) is 5.74. The molecule has 0 aliphatic heterocycles. The fourth-order valence-corrected chi connectivity index (χ4v) is 3.62. The van der Waals surface area contributed by atoms with Crippen molar-refractivity contribution in [1.29, 1.82) is 0 Å². The van der Waals surface area contributed by atoms with E-state index in [0.29, 0.717) is 22.3 Å². The lowest BCUT2D eigenvalue weighted by molar-refractivity contribution is -0.154. The number of unbranched alkanes of at least 4 members (excludes halogenated alkanes) is 1. The number of esters is 1. The van der Waals surface area contributed by atoms with Crippen LogP contribution in [0.2, 0.25) is 5.02 Å². The number of halogens is 1. The molecule has 152 valence electrons. The van der Waals surface area contributed by atoms with Gasteiger partial charge in [0, 0.05) is 17.1 Å². The highest BCUT2D eigenvalue weighted by Crippen LogP contribution is 2.27. The third-order valence-electron chi connectivity index (χ3n) is 4.20. The lowest BCUT2D eigenvalue weighted by Crippen LogP contribution is -2.33. The zero-order valence-electron chi connectivity index (χ0n) is 16.0. The summed E-state index contributed by atoms with van der Waals surface area (Å²) in [6.45, 7) is 2.55. The van der Waals surface area contributed by atoms with E-state index < -0.39 is 12.1 Å². The molecule has 1 heterocycles. The van der Waals surface area contributed by atoms with Gasteiger partial charge in [-0.3, -0.25) is 9.59 Å². The molecule has 0 bridgehead atoms. The highest BCUT2D eigenvalue weighted by Gasteiger charge is 2.27. The van der Waals surface area contributed by atoms with Crippen LogP contribution in [0.15, 0.2) is 53.7 Å². The van der Waals surface area contributed by atoms with Crippen LogP contribution in [0.5, 0.6) is 0 Å². The molecule has 0 saturated heterocycles. The highest BCUT2D eigenvalue weighted by molar-refractivity contribution is 7.99. The van der Waals surface area contributed by atoms with Gasteiger partial charge in [-0.15, -0.1) is 0 Å². The number of aromatic nitrogens is 2. The Hall–Kier alpha value is -2.51. The van der Waals surface area contributed by atoms with Crippen molar-refractivity contribution >= 4 is 46.3 Å². The van der Waals surface area contributed by atoms with Crippen molar-refractivity contribution in [2.45, 2.75) is 31.0 Å². The summed E-state index contributed by atoms with van der Waals surface area (Å²) in [7, 11) is 0. The van der Waals surface area contributed by atoms with Gasteiger partial charge in [0.1, 0.15) is 0 Å². The number of aromatic amines is 1. The second-order valence-corrected chi connectivity index (χ2v) is 7.76. The number of H-pyrrole nitrogens is 1. The number of ether oxygens (including phenoxy) is 1. The first-order valence-corrected chi connectivity index (χ1v) is 10.7. The van der Waals surface area contributed by atoms with Crippen LogP contribution < -0.4 is 5.32 Å². The zero-order valence-corrected chi connectivity index (χ0v) is 17.6. The highest BCUT2D eigenvalue weighted by atomic mass is 35.5. The number of carbonyl (C=O) groups is 2. The minimum absolute atomic E-state index is 0.0169. The van der Waals surface area contributed by atoms with Gasteiger partial charge in [-0.05, 0) is 24.6 Å². The van der Waals surface area contributed by atoms with Gasteiger partial charge in [-0.25, -0.2) is 4.98 Å². The standard InChI is InChI=1S/C21H22ClN3O3S/c1-2-3-12-23-20(27)19(14-8-4-5-9-15(14)22)28-18(26)13-29-21-24-16-10-6-7-11-17(16)25-21/h4-11,19H,2-3,12-13H2,1H3,(H,23,27)(H,24,25). The SMILES string of the molecule is CCCCNC(=O)C(OC(=O)CSc1nc2ccccc2[nH]1)c1ccccc1Cl. The minimum Gasteiger partial charge on any atom is -0.447 e. The first-order valence-electron chi connectivity index (χ1n) is 9.37. The van der Waals surface area contributed by atoms with Crippen LogP contribution in [0, 0.1) is 0 Å². The number of hydrogen-bond acceptors (Lipinski definition) is 5. The molecule has 0 fully saturated rings. The van der Waals surface area contributed by atoms with Gasteiger partial charge >= 0.3 is 5.97 Å². The Morgan fingerprint density at radius 2 is 1.97 bits per heavy atom. The van der Waals surface area contributed by atoms with Gasteiger partial charge < -0.3 is 15.0 Å². The van der Waals surface area contributed by atoms with Crippen LogP contribution in [0.25, 0.3) is 11.0 Å². The molecule has 0 radical (unpaired) electrons. The van der Waals surface area contributed by atoms with Crippen molar-refractivity contribution < 1.29 is 14.3 Å². The zero-order chi connectivity index (χ0) is 20.6. The van der Waals surface area contributed by atoms with Crippen molar-refractivity contribution in [3.8, 4) is 0 Å². The van der Waals surface area contributed by atoms with E-state index in [0.717, 1.165) is 23.9 Å². The summed E-state index contributed by atoms with van der Waals surface area (Å²) in [4.78, 5) is 32.6. The number of para-hydroxylation sites is 2. The number of rotatable bonds is 9. The average Bonchev–Trinajstić information content (AvgIpc) is 3.14. The third-order valence-corrected chi connectivity index (χ3v) is 5.39. The summed E-state index contributed by atoms with van der Waals surface area (Å²) < 4.78 is 5.51. The van der Waals surface area contributed by atoms with Crippen molar-refractivity contribution in [2.24, 2.45) is 0 Å². The quantitative estimate of drug-likeness (QED) is 0.296. The van der Waals surface area contributed by atoms with Gasteiger partial charge in [0.05, 0.1) is 16.8 Å². The maximum atomic E-state index is 12.6. The predicted octanol–water partition coefficient (Wildman–Crippen LogP) is 4.51. The summed E-state index contributed by atoms with van der Waals surface area (Å²) >= 11 is 7.46. The summed E-state index contributed by atoms with van der Waals surface area (Å²) in [6, 6.07) is 14.5. The largest absolute Gasteiger partial charge is 0.447 e. The van der Waals surface area contributed by atoms with E-state index in [-0.39, 0.29) is 11.7 Å². The number of nitrogens with zero attached hydrogens (tertiary/aromatic N) is 1. The van der Waals surface area contributed by atoms with E-state index in [1.807, 2.05) is 31.2 Å². The fourth-order valence-electron chi connectivity index (χ4n) is 2.72. The van der Waals surface area contributed by atoms with Crippen molar-refractivity contribution in [3.05, 3.63) is 59.1 Å². The Morgan fingerprint density at radius 3 is 2.72 bits per heavy atom. The van der Waals surface area contributed by atoms with Crippen LogP contribution >= 0.6 is 23.4 Å². The average molecular weight is 432 g/mol. The van der Waals surface area contributed by atoms with E-state index >= 15 is 0 Å². The molecule has 2 aromatic carbocycles. The topological polar surface area (TPSA) is 84.1 Å². The van der Waals surface area contributed by atoms with E-state index in [2.05, 4.69) is 15.3 Å². The molecule has 1 aromatic heterocycles. The summed E-state index contributed by atoms with van der Waals surface area (Å²) in [5, 5.41) is 3.80. The second kappa shape index (κ2) is 10.3. The molecular weight excluding hydrogens is 410 g/mol. The monoisotopic (exact) mass is 431 g/mol. The molecule has 1 unspecified atom stereocenters. The van der Waals surface area contributed by atoms with Gasteiger partial charge in [0.15, 0.2) is 5.16 Å². The Balaban J connectivity index is 1.66. The molecule has 3 aromatic rings. The van der Waals surface area contributed by atoms with E-state index in [9.17, 15) is 9.59 Å². The second-order valence-electron chi connectivity index (χ2n) is 6.38. The number of benzene rings is 2. The minimum atomic E-state index is -1.09. The number of fused-ring (bicyclic) bond motifs is 1. The molecule has 6 nitrogen and oxygen atoms in total. The Bertz CT molecular complexity index is 959. The van der Waals surface area contributed by atoms with Crippen molar-refractivity contribution in [1.82, 2.24) is 15.3 Å². The lowest BCUT2D eigenvalue weighted by Gasteiger charge is -2.19. The molecular formula is C21H22ClN3O3S. The molecule has 1 amide bonds. The molecule has 29 heavy (non-hydrogen) atoms. The fraction of sp³-hybridized carbons (Fsp3) is 0.286. The first kappa shape index (κ1) is 21.2. The Kier molecular flexibility index (Phi) is 7.55. The number of nitrogens with one attached hydrogen (secondary N) is 2. The molecule has 1 atom stereocenters. The van der Waals surface area contributed by atoms with Crippen LogP contribution in [0.1, 0.15) is 31.4 Å². The number of hydrogen-bond donors (Lipinski definition) is 2. The normalized spacial score (nSPS) is 11.9. The first-order chi connectivity index (χ1) is 14.1. The number of carbonyl (C=O) groups excluding carboxylic acids is 2. The molecule has 3 rings (SSSR count). The number of thioether (sulfide) groups is 1. The smallest absolute Gasteiger partial charge is 0.317 e. The Morgan fingerprint density at radius 1 is 1.21 bits per heavy atom. The van der Waals surface area contributed by atoms with Gasteiger partial charge in [-0.2, -0.15) is 0 Å². The van der Waals surface area contributed by atoms with E-state index in [4.69, 9.17) is 16.3 Å². The van der Waals surface area contributed by atoms with Crippen molar-refractivity contribution in [3.63, 3.8) is 0 Å². The lowest BCUT2D eigenvalue weighted by atomic mass is 10.1. The van der Waals surface area contributed by atoms with Crippen LogP contribution in [-0.2, 0) is 14.3 Å². The maximum absolute atomic E-state index is 12.6. The number of amides is 1. The van der Waals surface area contributed by atoms with Crippen LogP contribution in [0.3, 0.4) is 0 Å². The van der Waals surface area contributed by atoms with E-state index in [1.165, 1.54) is 11.8 Å². The summed E-state index contributed by atoms with van der Waals surface area (Å²) in [6.07, 6.45) is 0.700. The van der Waals surface area contributed by atoms with Gasteiger partial charge in [0.25, 0.3) is 5.91 Å². The van der Waals surface area contributed by atoms with Gasteiger partial charge in [-0.1, -0.05) is 67.0 Å². The summed E-state index contributed by atoms with van der Waals surface area (Å²) in [5.74, 6) is -0.886.